The minimum absolute atomic E-state index is 0.342. The molecular formula is C17H21NO2S. The van der Waals surface area contributed by atoms with Crippen LogP contribution in [0, 0.1) is 0 Å². The van der Waals surface area contributed by atoms with Crippen molar-refractivity contribution in [2.24, 2.45) is 0 Å². The number of nitrogens with one attached hydrogen (secondary N) is 1. The molecule has 0 aliphatic rings. The second-order valence-corrected chi connectivity index (χ2v) is 7.56. The topological polar surface area (TPSA) is 46.2 Å². The monoisotopic (exact) mass is 303 g/mol. The van der Waals surface area contributed by atoms with Crippen molar-refractivity contribution in [1.82, 2.24) is 0 Å². The molecule has 0 amide bonds. The Morgan fingerprint density at radius 2 is 1.52 bits per heavy atom. The summed E-state index contributed by atoms with van der Waals surface area (Å²) in [6.45, 7) is 5.07. The molecule has 1 N–H and O–H groups in total. The number of anilines is 1. The number of sulfone groups is 1. The molecule has 0 fully saturated rings. The molecule has 112 valence electrons. The molecule has 0 heterocycles. The highest BCUT2D eigenvalue weighted by molar-refractivity contribution is 7.90. The van der Waals surface area contributed by atoms with Crippen LogP contribution in [0.5, 0.6) is 0 Å². The molecule has 0 unspecified atom stereocenters. The van der Waals surface area contributed by atoms with Crippen molar-refractivity contribution in [2.45, 2.75) is 31.2 Å². The first-order chi connectivity index (χ1) is 9.86. The van der Waals surface area contributed by atoms with Crippen LogP contribution in [0.4, 0.5) is 5.69 Å². The van der Waals surface area contributed by atoms with E-state index in [9.17, 15) is 8.42 Å². The second kappa shape index (κ2) is 6.31. The molecule has 0 aliphatic heterocycles. The van der Waals surface area contributed by atoms with Gasteiger partial charge in [0.25, 0.3) is 0 Å². The lowest BCUT2D eigenvalue weighted by Gasteiger charge is -2.09. The Kier molecular flexibility index (Phi) is 4.68. The normalized spacial score (nSPS) is 11.6. The van der Waals surface area contributed by atoms with E-state index in [1.165, 1.54) is 17.4 Å². The number of benzene rings is 2. The molecule has 2 rings (SSSR count). The first-order valence-corrected chi connectivity index (χ1v) is 8.88. The Balaban J connectivity index is 2.00. The van der Waals surface area contributed by atoms with E-state index in [-0.39, 0.29) is 0 Å². The van der Waals surface area contributed by atoms with Gasteiger partial charge < -0.3 is 5.32 Å². The lowest BCUT2D eigenvalue weighted by Crippen LogP contribution is -2.01. The third-order valence-electron chi connectivity index (χ3n) is 3.43. The van der Waals surface area contributed by atoms with Crippen molar-refractivity contribution in [3.05, 3.63) is 59.7 Å². The van der Waals surface area contributed by atoms with Crippen molar-refractivity contribution in [1.29, 1.82) is 0 Å². The first-order valence-electron chi connectivity index (χ1n) is 6.99. The van der Waals surface area contributed by atoms with E-state index in [2.05, 4.69) is 43.4 Å². The molecule has 0 saturated heterocycles. The third-order valence-corrected chi connectivity index (χ3v) is 4.55. The van der Waals surface area contributed by atoms with E-state index in [1.54, 1.807) is 24.3 Å². The van der Waals surface area contributed by atoms with Crippen LogP contribution in [0.25, 0.3) is 0 Å². The van der Waals surface area contributed by atoms with E-state index in [4.69, 9.17) is 0 Å². The smallest absolute Gasteiger partial charge is 0.175 e. The standard InChI is InChI=1S/C17H21NO2S/c1-13(2)15-6-4-14(5-7-15)12-18-16-8-10-17(11-9-16)21(3,19)20/h4-11,13,18H,12H2,1-3H3. The summed E-state index contributed by atoms with van der Waals surface area (Å²) in [6.07, 6.45) is 1.21. The first kappa shape index (κ1) is 15.6. The third kappa shape index (κ3) is 4.33. The number of hydrogen-bond acceptors (Lipinski definition) is 3. The van der Waals surface area contributed by atoms with Gasteiger partial charge in [0.1, 0.15) is 0 Å². The molecule has 0 aromatic heterocycles. The minimum atomic E-state index is -3.13. The minimum Gasteiger partial charge on any atom is -0.381 e. The van der Waals surface area contributed by atoms with Crippen LogP contribution in [-0.2, 0) is 16.4 Å². The van der Waals surface area contributed by atoms with Gasteiger partial charge in [0.2, 0.25) is 0 Å². The molecule has 3 nitrogen and oxygen atoms in total. The molecule has 0 saturated carbocycles. The van der Waals surface area contributed by atoms with Crippen LogP contribution in [-0.4, -0.2) is 14.7 Å². The van der Waals surface area contributed by atoms with E-state index >= 15 is 0 Å². The van der Waals surface area contributed by atoms with Crippen molar-refractivity contribution in [3.8, 4) is 0 Å². The summed E-state index contributed by atoms with van der Waals surface area (Å²) < 4.78 is 22.8. The molecular weight excluding hydrogens is 282 g/mol. The molecule has 0 aliphatic carbocycles. The van der Waals surface area contributed by atoms with Gasteiger partial charge in [-0.3, -0.25) is 0 Å². The van der Waals surface area contributed by atoms with Crippen molar-refractivity contribution in [2.75, 3.05) is 11.6 Å². The average molecular weight is 303 g/mol. The summed E-state index contributed by atoms with van der Waals surface area (Å²) in [7, 11) is -3.13. The largest absolute Gasteiger partial charge is 0.381 e. The van der Waals surface area contributed by atoms with Crippen LogP contribution in [0.15, 0.2) is 53.4 Å². The van der Waals surface area contributed by atoms with Crippen LogP contribution in [0.2, 0.25) is 0 Å². The summed E-state index contributed by atoms with van der Waals surface area (Å²) in [5, 5.41) is 3.29. The second-order valence-electron chi connectivity index (χ2n) is 5.55. The Hall–Kier alpha value is -1.81. The molecule has 0 radical (unpaired) electrons. The predicted octanol–water partition coefficient (Wildman–Crippen LogP) is 3.83. The maximum absolute atomic E-state index is 11.4. The van der Waals surface area contributed by atoms with Crippen molar-refractivity contribution >= 4 is 15.5 Å². The fourth-order valence-corrected chi connectivity index (χ4v) is 2.67. The predicted molar refractivity (Wildman–Crippen MR) is 87.4 cm³/mol. The van der Waals surface area contributed by atoms with E-state index in [0.717, 1.165) is 12.2 Å². The molecule has 0 spiro atoms. The van der Waals surface area contributed by atoms with Gasteiger partial charge in [-0.2, -0.15) is 0 Å². The molecule has 2 aromatic carbocycles. The lowest BCUT2D eigenvalue weighted by molar-refractivity contribution is 0.602. The van der Waals surface area contributed by atoms with Crippen LogP contribution >= 0.6 is 0 Å². The van der Waals surface area contributed by atoms with E-state index < -0.39 is 9.84 Å². The van der Waals surface area contributed by atoms with Crippen LogP contribution in [0.3, 0.4) is 0 Å². The average Bonchev–Trinajstić information content (AvgIpc) is 2.45. The molecule has 4 heteroatoms. The lowest BCUT2D eigenvalue weighted by atomic mass is 10.0. The number of rotatable bonds is 5. The van der Waals surface area contributed by atoms with Crippen molar-refractivity contribution in [3.63, 3.8) is 0 Å². The highest BCUT2D eigenvalue weighted by Gasteiger charge is 2.06. The van der Waals surface area contributed by atoms with Gasteiger partial charge in [-0.25, -0.2) is 8.42 Å². The van der Waals surface area contributed by atoms with Crippen molar-refractivity contribution < 1.29 is 8.42 Å². The zero-order valence-electron chi connectivity index (χ0n) is 12.6. The summed E-state index contributed by atoms with van der Waals surface area (Å²) in [5.74, 6) is 0.538. The summed E-state index contributed by atoms with van der Waals surface area (Å²) >= 11 is 0. The Labute approximate surface area is 126 Å². The highest BCUT2D eigenvalue weighted by Crippen LogP contribution is 2.17. The van der Waals surface area contributed by atoms with Gasteiger partial charge in [0.05, 0.1) is 4.90 Å². The van der Waals surface area contributed by atoms with E-state index in [1.807, 2.05) is 0 Å². The fourth-order valence-electron chi connectivity index (χ4n) is 2.04. The van der Waals surface area contributed by atoms with Gasteiger partial charge in [-0.05, 0) is 41.3 Å². The molecule has 2 aromatic rings. The van der Waals surface area contributed by atoms with Gasteiger partial charge in [0.15, 0.2) is 9.84 Å². The Morgan fingerprint density at radius 3 is 2.00 bits per heavy atom. The molecule has 0 atom stereocenters. The summed E-state index contributed by atoms with van der Waals surface area (Å²) in [4.78, 5) is 0.342. The SMILES string of the molecule is CC(C)c1ccc(CNc2ccc(S(C)(=O)=O)cc2)cc1. The number of hydrogen-bond donors (Lipinski definition) is 1. The van der Waals surface area contributed by atoms with Gasteiger partial charge >= 0.3 is 0 Å². The Morgan fingerprint density at radius 1 is 0.952 bits per heavy atom. The maximum atomic E-state index is 11.4. The van der Waals surface area contributed by atoms with Gasteiger partial charge in [0, 0.05) is 18.5 Å². The van der Waals surface area contributed by atoms with Gasteiger partial charge in [-0.15, -0.1) is 0 Å². The zero-order valence-corrected chi connectivity index (χ0v) is 13.4. The van der Waals surface area contributed by atoms with Crippen LogP contribution < -0.4 is 5.32 Å². The maximum Gasteiger partial charge on any atom is 0.175 e. The van der Waals surface area contributed by atoms with Crippen LogP contribution in [0.1, 0.15) is 30.9 Å². The summed E-state index contributed by atoms with van der Waals surface area (Å²) in [6, 6.07) is 15.4. The van der Waals surface area contributed by atoms with Gasteiger partial charge in [-0.1, -0.05) is 38.1 Å². The molecule has 0 bridgehead atoms. The summed E-state index contributed by atoms with van der Waals surface area (Å²) in [5.41, 5.74) is 3.44. The fraction of sp³-hybridized carbons (Fsp3) is 0.294. The zero-order chi connectivity index (χ0) is 15.5. The quantitative estimate of drug-likeness (QED) is 0.913. The highest BCUT2D eigenvalue weighted by atomic mass is 32.2. The Bertz CT molecular complexity index is 687. The molecule has 21 heavy (non-hydrogen) atoms. The van der Waals surface area contributed by atoms with E-state index in [0.29, 0.717) is 10.8 Å².